The van der Waals surface area contributed by atoms with Crippen molar-refractivity contribution in [3.63, 3.8) is 0 Å². The maximum absolute atomic E-state index is 6.97. The van der Waals surface area contributed by atoms with Crippen molar-refractivity contribution in [2.24, 2.45) is 0 Å². The Kier molecular flexibility index (Phi) is 11.5. The second-order valence-electron chi connectivity index (χ2n) is 12.1. The summed E-state index contributed by atoms with van der Waals surface area (Å²) in [5.41, 5.74) is 3.30. The molecule has 6 heteroatoms. The fraction of sp³-hybridized carbons (Fsp3) is 0.209. The molecule has 1 aliphatic heterocycles. The van der Waals surface area contributed by atoms with E-state index in [9.17, 15) is 0 Å². The van der Waals surface area contributed by atoms with Crippen LogP contribution in [0.3, 0.4) is 0 Å². The Morgan fingerprint density at radius 1 is 0.510 bits per heavy atom. The first-order valence-corrected chi connectivity index (χ1v) is 18.6. The summed E-state index contributed by atoms with van der Waals surface area (Å²) < 4.78 is 35.2. The molecular formula is C43H40O5Se. The molecule has 1 heterocycles. The quantitative estimate of drug-likeness (QED) is 0.107. The van der Waals surface area contributed by atoms with E-state index in [1.54, 1.807) is 0 Å². The topological polar surface area (TPSA) is 46.2 Å². The van der Waals surface area contributed by atoms with Gasteiger partial charge in [-0.15, -0.1) is 0 Å². The van der Waals surface area contributed by atoms with Gasteiger partial charge >= 0.3 is 296 Å². The molecule has 5 nitrogen and oxygen atoms in total. The molecule has 7 rings (SSSR count). The van der Waals surface area contributed by atoms with Gasteiger partial charge in [0.25, 0.3) is 0 Å². The molecule has 0 spiro atoms. The number of fused-ring (bicyclic) bond motifs is 1. The van der Waals surface area contributed by atoms with Gasteiger partial charge in [0.2, 0.25) is 0 Å². The van der Waals surface area contributed by atoms with E-state index < -0.39 is 18.5 Å². The summed E-state index contributed by atoms with van der Waals surface area (Å²) in [6.45, 7) is 1.66. The van der Waals surface area contributed by atoms with Gasteiger partial charge < -0.3 is 0 Å². The van der Waals surface area contributed by atoms with Crippen molar-refractivity contribution >= 4 is 30.2 Å². The summed E-state index contributed by atoms with van der Waals surface area (Å²) in [6.07, 6.45) is -1.79. The summed E-state index contributed by atoms with van der Waals surface area (Å²) in [5.74, 6) is 0.756. The second-order valence-corrected chi connectivity index (χ2v) is 14.7. The zero-order valence-electron chi connectivity index (χ0n) is 27.3. The van der Waals surface area contributed by atoms with E-state index in [0.29, 0.717) is 26.4 Å². The molecule has 6 aromatic rings. The molecule has 1 aliphatic rings. The van der Waals surface area contributed by atoms with Gasteiger partial charge in [-0.3, -0.25) is 0 Å². The van der Waals surface area contributed by atoms with Crippen LogP contribution in [0, 0.1) is 0 Å². The van der Waals surface area contributed by atoms with Crippen molar-refractivity contribution in [3.8, 4) is 5.75 Å². The van der Waals surface area contributed by atoms with Crippen molar-refractivity contribution in [1.29, 1.82) is 0 Å². The van der Waals surface area contributed by atoms with Crippen LogP contribution in [0.4, 0.5) is 0 Å². The summed E-state index contributed by atoms with van der Waals surface area (Å²) >= 11 is -0.0750. The van der Waals surface area contributed by atoms with E-state index >= 15 is 0 Å². The zero-order chi connectivity index (χ0) is 33.1. The monoisotopic (exact) mass is 716 g/mol. The van der Waals surface area contributed by atoms with Crippen molar-refractivity contribution in [3.05, 3.63) is 180 Å². The van der Waals surface area contributed by atoms with Gasteiger partial charge in [-0.1, -0.05) is 0 Å². The van der Waals surface area contributed by atoms with Crippen molar-refractivity contribution < 1.29 is 23.7 Å². The van der Waals surface area contributed by atoms with Crippen molar-refractivity contribution in [1.82, 2.24) is 0 Å². The normalized spacial score (nSPS) is 20.6. The third kappa shape index (κ3) is 9.05. The molecule has 49 heavy (non-hydrogen) atoms. The zero-order valence-corrected chi connectivity index (χ0v) is 29.0. The fourth-order valence-corrected chi connectivity index (χ4v) is 8.63. The average molecular weight is 716 g/mol. The minimum atomic E-state index is -0.593. The van der Waals surface area contributed by atoms with Gasteiger partial charge in [-0.25, -0.2) is 0 Å². The summed E-state index contributed by atoms with van der Waals surface area (Å²) in [6, 6.07) is 55.9. The number of hydrogen-bond donors (Lipinski definition) is 0. The van der Waals surface area contributed by atoms with E-state index in [2.05, 4.69) is 97.1 Å². The van der Waals surface area contributed by atoms with Crippen LogP contribution in [-0.4, -0.2) is 46.2 Å². The molecule has 0 amide bonds. The van der Waals surface area contributed by atoms with Gasteiger partial charge in [0.15, 0.2) is 0 Å². The molecule has 248 valence electrons. The molecular weight excluding hydrogens is 675 g/mol. The number of hydrogen-bond acceptors (Lipinski definition) is 5. The van der Waals surface area contributed by atoms with Crippen LogP contribution in [0.2, 0.25) is 4.82 Å². The van der Waals surface area contributed by atoms with Crippen LogP contribution < -0.4 is 9.20 Å². The van der Waals surface area contributed by atoms with Gasteiger partial charge in [0, 0.05) is 0 Å². The molecule has 1 saturated heterocycles. The Labute approximate surface area is 294 Å². The van der Waals surface area contributed by atoms with Crippen LogP contribution in [0.5, 0.6) is 5.75 Å². The predicted octanol–water partition coefficient (Wildman–Crippen LogP) is 8.15. The van der Waals surface area contributed by atoms with E-state index in [-0.39, 0.29) is 25.9 Å². The Morgan fingerprint density at radius 3 is 1.67 bits per heavy atom. The molecule has 0 radical (unpaired) electrons. The molecule has 5 atom stereocenters. The van der Waals surface area contributed by atoms with E-state index in [1.165, 1.54) is 4.46 Å². The van der Waals surface area contributed by atoms with Gasteiger partial charge in [0.05, 0.1) is 0 Å². The molecule has 0 N–H and O–H groups in total. The molecule has 6 aromatic carbocycles. The third-order valence-electron chi connectivity index (χ3n) is 8.54. The first kappa shape index (κ1) is 33.2. The molecule has 0 unspecified atom stereocenters. The molecule has 1 fully saturated rings. The molecule has 0 bridgehead atoms. The summed E-state index contributed by atoms with van der Waals surface area (Å²) in [4.78, 5) is -0.128. The standard InChI is InChI=1S/C43H40O5Se/c1-5-15-32(16-6-1)28-44-31-39-40(45-29-33-17-7-2-8-18-33)41(46-30-34-19-9-3-10-20-34)42(49-38-23-11-4-12-24-38)43(48-39)47-37-26-25-35-21-13-14-22-36(35)27-37/h1-27,39-43H,28-31H2/t39-,40-,41+,42-,43-/m1/s1. The van der Waals surface area contributed by atoms with Crippen LogP contribution >= 0.6 is 0 Å². The van der Waals surface area contributed by atoms with Crippen LogP contribution in [0.1, 0.15) is 16.7 Å². The number of rotatable bonds is 14. The molecule has 0 aromatic heterocycles. The van der Waals surface area contributed by atoms with Gasteiger partial charge in [0.1, 0.15) is 0 Å². The second kappa shape index (κ2) is 16.9. The van der Waals surface area contributed by atoms with E-state index in [4.69, 9.17) is 23.7 Å². The van der Waals surface area contributed by atoms with Crippen molar-refractivity contribution in [2.45, 2.75) is 49.2 Å². The SMILES string of the molecule is c1ccc(COC[C@H]2O[C@@H](Oc3ccc4ccccc4c3)[C@H]([Se]c3ccccc3)[C@@H](OCc3ccccc3)[C@@H]2OCc2ccccc2)cc1. The number of ether oxygens (including phenoxy) is 5. The Hall–Kier alpha value is -4.26. The summed E-state index contributed by atoms with van der Waals surface area (Å²) in [5, 5.41) is 2.28. The van der Waals surface area contributed by atoms with Crippen LogP contribution in [0.25, 0.3) is 10.8 Å². The number of benzene rings is 6. The van der Waals surface area contributed by atoms with Crippen molar-refractivity contribution in [2.75, 3.05) is 6.61 Å². The summed E-state index contributed by atoms with van der Waals surface area (Å²) in [7, 11) is 0. The van der Waals surface area contributed by atoms with Gasteiger partial charge in [-0.05, 0) is 0 Å². The van der Waals surface area contributed by atoms with E-state index in [1.807, 2.05) is 66.7 Å². The Balaban J connectivity index is 1.23. The van der Waals surface area contributed by atoms with Gasteiger partial charge in [-0.2, -0.15) is 0 Å². The van der Waals surface area contributed by atoms with Crippen LogP contribution in [-0.2, 0) is 38.8 Å². The first-order chi connectivity index (χ1) is 24.3. The van der Waals surface area contributed by atoms with E-state index in [0.717, 1.165) is 33.2 Å². The Bertz CT molecular complexity index is 1860. The third-order valence-corrected chi connectivity index (χ3v) is 11.3. The maximum atomic E-state index is 6.97. The predicted molar refractivity (Wildman–Crippen MR) is 195 cm³/mol. The molecule has 0 aliphatic carbocycles. The minimum absolute atomic E-state index is 0.0750. The molecule has 0 saturated carbocycles. The first-order valence-electron chi connectivity index (χ1n) is 16.7. The van der Waals surface area contributed by atoms with Crippen LogP contribution in [0.15, 0.2) is 164 Å². The fourth-order valence-electron chi connectivity index (χ4n) is 6.06. The Morgan fingerprint density at radius 2 is 1.04 bits per heavy atom. The average Bonchev–Trinajstić information content (AvgIpc) is 3.16.